The van der Waals surface area contributed by atoms with E-state index in [9.17, 15) is 0 Å². The average Bonchev–Trinajstić information content (AvgIpc) is 3.58. The molecule has 0 aliphatic carbocycles. The highest BCUT2D eigenvalue weighted by atomic mass is 35.5. The lowest BCUT2D eigenvalue weighted by Crippen LogP contribution is -2.39. The van der Waals surface area contributed by atoms with E-state index in [-0.39, 0.29) is 60.6 Å². The second kappa shape index (κ2) is 22.8. The highest BCUT2D eigenvalue weighted by Gasteiger charge is 2.38. The summed E-state index contributed by atoms with van der Waals surface area (Å²) < 4.78 is 11.6. The number of aliphatic imine (C=N–C) groups is 2. The van der Waals surface area contributed by atoms with Crippen molar-refractivity contribution >= 4 is 107 Å². The van der Waals surface area contributed by atoms with Crippen LogP contribution < -0.4 is 42.4 Å². The van der Waals surface area contributed by atoms with Crippen molar-refractivity contribution in [2.45, 2.75) is 30.0 Å². The molecule has 2 aliphatic rings. The molecule has 0 fully saturated rings. The first-order valence-electron chi connectivity index (χ1n) is 12.7. The maximum Gasteiger partial charge on any atom is 0.316 e. The molecule has 2 atom stereocenters. The number of alkyl halides is 2. The summed E-state index contributed by atoms with van der Waals surface area (Å²) >= 11 is 13.6. The molecule has 0 bridgehead atoms. The van der Waals surface area contributed by atoms with Crippen LogP contribution in [0.3, 0.4) is 0 Å². The maximum absolute atomic E-state index is 6.78. The number of amidine groups is 2. The number of nitrogen functional groups attached to an aromatic ring is 4. The van der Waals surface area contributed by atoms with Crippen LogP contribution in [0.25, 0.3) is 0 Å². The Morgan fingerprint density at radius 2 is 1.02 bits per heavy atom. The van der Waals surface area contributed by atoms with Crippen molar-refractivity contribution in [3.8, 4) is 11.5 Å². The van der Waals surface area contributed by atoms with Crippen molar-refractivity contribution in [2.24, 2.45) is 0 Å². The number of nitrogens with two attached hydrogens (primary N) is 4. The molecular weight excluding hydrogens is 713 g/mol. The summed E-state index contributed by atoms with van der Waals surface area (Å²) in [5.41, 5.74) is 25.8. The van der Waals surface area contributed by atoms with Crippen LogP contribution in [0.1, 0.15) is 19.3 Å². The summed E-state index contributed by atoms with van der Waals surface area (Å²) in [6.45, 7) is 2.31. The molecule has 0 amide bonds. The van der Waals surface area contributed by atoms with Crippen LogP contribution in [-0.2, 0) is 0 Å². The molecule has 0 saturated heterocycles. The fourth-order valence-electron chi connectivity index (χ4n) is 4.16. The van der Waals surface area contributed by atoms with Gasteiger partial charge in [0.1, 0.15) is 34.7 Å². The summed E-state index contributed by atoms with van der Waals surface area (Å²) in [4.78, 5) is 13.0. The fraction of sp³-hybridized carbons (Fsp3) is 0.333. The molecule has 4 rings (SSSR count). The van der Waals surface area contributed by atoms with E-state index < -0.39 is 10.8 Å². The van der Waals surface area contributed by atoms with Gasteiger partial charge in [-0.05, 0) is 34.3 Å². The van der Waals surface area contributed by atoms with Crippen LogP contribution in [0.2, 0.25) is 0 Å². The van der Waals surface area contributed by atoms with Crippen molar-refractivity contribution in [3.63, 3.8) is 0 Å². The van der Waals surface area contributed by atoms with E-state index in [2.05, 4.69) is 9.98 Å². The van der Waals surface area contributed by atoms with Crippen molar-refractivity contribution in [2.75, 3.05) is 49.2 Å². The van der Waals surface area contributed by atoms with Crippen molar-refractivity contribution < 1.29 is 20.4 Å². The Balaban J connectivity index is -0.00000294. The summed E-state index contributed by atoms with van der Waals surface area (Å²) in [5.74, 6) is 2.66. The monoisotopic (exact) mass is 752 g/mol. The maximum atomic E-state index is 6.78. The Hall–Kier alpha value is -2.68. The number of rotatable bonds is 14. The lowest BCUT2D eigenvalue weighted by molar-refractivity contribution is 0.300. The molecule has 2 unspecified atom stereocenters. The zero-order valence-electron chi connectivity index (χ0n) is 24.2. The average molecular weight is 755 g/mol. The molecule has 45 heavy (non-hydrogen) atoms. The summed E-state index contributed by atoms with van der Waals surface area (Å²) in [6.07, 6.45) is 9.20. The van der Waals surface area contributed by atoms with E-state index in [0.29, 0.717) is 67.0 Å². The van der Waals surface area contributed by atoms with Crippen LogP contribution in [0.15, 0.2) is 61.2 Å². The highest BCUT2D eigenvalue weighted by molar-refractivity contribution is 6.35. The largest absolute Gasteiger partial charge is 0.491 e. The van der Waals surface area contributed by atoms with Crippen LogP contribution in [0, 0.1) is 0 Å². The first-order valence-corrected chi connectivity index (χ1v) is 13.5. The minimum atomic E-state index is -0.395. The lowest BCUT2D eigenvalue weighted by atomic mass is 10.1. The Morgan fingerprint density at radius 1 is 0.644 bits per heavy atom. The van der Waals surface area contributed by atoms with Crippen LogP contribution in [0.5, 0.6) is 11.5 Å². The predicted octanol–water partition coefficient (Wildman–Crippen LogP) is 2.94. The molecule has 2 aromatic rings. The van der Waals surface area contributed by atoms with Crippen molar-refractivity contribution in [1.29, 1.82) is 0 Å². The predicted molar refractivity (Wildman–Crippen MR) is 197 cm³/mol. The number of halogens is 6. The van der Waals surface area contributed by atoms with Gasteiger partial charge in [0.15, 0.2) is 12.4 Å². The van der Waals surface area contributed by atoms with E-state index in [1.165, 1.54) is 0 Å². The normalized spacial score (nSPS) is 13.7. The fourth-order valence-corrected chi connectivity index (χ4v) is 4.97. The quantitative estimate of drug-likeness (QED) is 0.127. The number of ether oxygens (including phenoxy) is 2. The SMILES string of the molecule is Cl.Cl.Cl.Cl.Nc1ccc(N)c(OCCCN2C=C[N+]=C2C(Cl)CC(Cl)C2=[N+]C=CN2CCCOc2cc(N)ccc2N)c1.O.O. The van der Waals surface area contributed by atoms with E-state index in [1.807, 2.05) is 22.2 Å². The molecule has 0 aromatic heterocycles. The number of anilines is 4. The molecule has 254 valence electrons. The molecule has 0 spiro atoms. The zero-order valence-corrected chi connectivity index (χ0v) is 29.0. The van der Waals surface area contributed by atoms with Gasteiger partial charge in [0, 0.05) is 42.8 Å². The highest BCUT2D eigenvalue weighted by Crippen LogP contribution is 2.25. The third-order valence-corrected chi connectivity index (χ3v) is 6.89. The smallest absolute Gasteiger partial charge is 0.316 e. The molecule has 2 aliphatic heterocycles. The molecule has 12 nitrogen and oxygen atoms in total. The summed E-state index contributed by atoms with van der Waals surface area (Å²) in [6, 6.07) is 10.4. The Kier molecular flexibility index (Phi) is 23.6. The molecule has 12 N–H and O–H groups in total. The third kappa shape index (κ3) is 13.3. The summed E-state index contributed by atoms with van der Waals surface area (Å²) in [5, 5.41) is -0.791. The van der Waals surface area contributed by atoms with Crippen LogP contribution in [-0.4, -0.2) is 69.5 Å². The number of hydrogen-bond donors (Lipinski definition) is 4. The minimum Gasteiger partial charge on any atom is -0.491 e. The van der Waals surface area contributed by atoms with Gasteiger partial charge in [-0.25, -0.2) is 9.80 Å². The van der Waals surface area contributed by atoms with Gasteiger partial charge in [0.05, 0.1) is 37.7 Å². The molecule has 2 heterocycles. The van der Waals surface area contributed by atoms with Crippen molar-refractivity contribution in [1.82, 2.24) is 19.8 Å². The van der Waals surface area contributed by atoms with Gasteiger partial charge in [-0.3, -0.25) is 0 Å². The van der Waals surface area contributed by atoms with E-state index >= 15 is 0 Å². The van der Waals surface area contributed by atoms with Gasteiger partial charge in [-0.15, -0.1) is 72.8 Å². The lowest BCUT2D eigenvalue weighted by Gasteiger charge is -2.17. The van der Waals surface area contributed by atoms with Crippen molar-refractivity contribution in [3.05, 3.63) is 61.2 Å². The van der Waals surface area contributed by atoms with Crippen LogP contribution in [0.4, 0.5) is 22.7 Å². The summed E-state index contributed by atoms with van der Waals surface area (Å²) in [7, 11) is 0. The first-order chi connectivity index (χ1) is 18.8. The first kappa shape index (κ1) is 46.7. The second-order valence-electron chi connectivity index (χ2n) is 9.13. The van der Waals surface area contributed by atoms with Gasteiger partial charge >= 0.3 is 11.7 Å². The van der Waals surface area contributed by atoms with Gasteiger partial charge < -0.3 is 43.4 Å². The van der Waals surface area contributed by atoms with Crippen LogP contribution >= 0.6 is 72.8 Å². The number of benzene rings is 2. The minimum absolute atomic E-state index is 0. The van der Waals surface area contributed by atoms with Gasteiger partial charge in [0.2, 0.25) is 0 Å². The molecule has 18 heteroatoms. The molecule has 2 radical (unpaired) electrons. The molecule has 0 saturated carbocycles. The van der Waals surface area contributed by atoms with Gasteiger partial charge in [0.25, 0.3) is 0 Å². The Labute approximate surface area is 298 Å². The molecule has 2 aromatic carbocycles. The van der Waals surface area contributed by atoms with Gasteiger partial charge in [-0.2, -0.15) is 0 Å². The third-order valence-electron chi connectivity index (χ3n) is 6.15. The number of hydrogen-bond acceptors (Lipinski definition) is 10. The van der Waals surface area contributed by atoms with E-state index in [0.717, 1.165) is 24.5 Å². The standard InChI is InChI=1S/C27H34Cl2N8O2.4ClH.2H2O/c28-20(26-34-7-11-36(26)9-1-13-38-24-15-18(30)3-5-22(24)32)17-21(29)27-35-8-12-37(27)10-2-14-39-25-16-19(31)4-6-23(25)33;;;;;;/h3-8,11-12,15-16,20-21H,1-2,9-10,13-14,17,30-33H2;4*1H;2*1H2/q+2;;;;;;. The topological polar surface area (TPSA) is 220 Å². The molecular formula is C27H42Cl6N8O4+2. The second-order valence-corrected chi connectivity index (χ2v) is 10.2. The number of nitrogens with zero attached hydrogens (tertiary/aromatic N) is 4. The Bertz CT molecular complexity index is 1190. The van der Waals surface area contributed by atoms with Gasteiger partial charge in [-0.1, -0.05) is 0 Å². The van der Waals surface area contributed by atoms with E-state index in [1.54, 1.807) is 48.8 Å². The Morgan fingerprint density at radius 3 is 1.40 bits per heavy atom. The zero-order chi connectivity index (χ0) is 27.8. The van der Waals surface area contributed by atoms with E-state index in [4.69, 9.17) is 55.6 Å².